The van der Waals surface area contributed by atoms with Gasteiger partial charge in [0.1, 0.15) is 35.9 Å². The standard InChI is InChI=1S/C67H84N13O15PS2/c1-4-98(94,95)50-23-15-41(16-24-50)34-69-61(84)52(26-28-57(68)82)73-63(86)55-27-22-48-29-30-77(37-54(65(88)80(48)55)74-62(85)53-32-46-31-45(21-25-51(46)72-53)67(90)96(91,92)93)58(83)14-10-6-9-13-47-35-79(76-75-47)59(43-11-7-5-8-12-43)66(89)78-36-49(81)33-56(78)64(87)71-39(2)42-17-19-44(20-18-42)60-40(3)70-38-97-60/h15-21,23-25,31-32,35,38-39,43,48-49,52,54-56,59,72,81H,4-14,22,26-30,33-34,36-37H2,1-3H3,(H2,68,82)(H,69,84)(H,71,87)(H,73,86)(H,74,85)(H2,91,92,93)/t39-,48+,49-,52-,54-,55-,56+,59+/m0/s1. The first-order valence-electron chi connectivity index (χ1n) is 33.3. The zero-order valence-corrected chi connectivity index (χ0v) is 57.4. The number of aliphatic hydroxyl groups is 1. The Morgan fingerprint density at radius 3 is 2.29 bits per heavy atom. The number of carbonyl (C=O) groups is 9. The van der Waals surface area contributed by atoms with Crippen LogP contribution < -0.4 is 27.0 Å². The van der Waals surface area contributed by atoms with E-state index in [1.807, 2.05) is 38.1 Å². The molecule has 8 amide bonds. The van der Waals surface area contributed by atoms with Crippen molar-refractivity contribution in [2.75, 3.05) is 25.4 Å². The van der Waals surface area contributed by atoms with Crippen molar-refractivity contribution in [2.45, 2.75) is 183 Å². The molecule has 4 aliphatic rings. The molecule has 6 heterocycles. The minimum absolute atomic E-state index is 0.00707. The number of amides is 8. The number of aromatic amines is 1. The highest BCUT2D eigenvalue weighted by Gasteiger charge is 2.47. The van der Waals surface area contributed by atoms with Gasteiger partial charge in [-0.1, -0.05) is 74.2 Å². The molecule has 10 N–H and O–H groups in total. The van der Waals surface area contributed by atoms with Crippen LogP contribution in [-0.4, -0.2) is 177 Å². The molecule has 4 fully saturated rings. The molecule has 524 valence electrons. The molecule has 0 unspecified atom stereocenters. The monoisotopic (exact) mass is 1410 g/mol. The predicted octanol–water partition coefficient (Wildman–Crippen LogP) is 4.82. The fourth-order valence-corrected chi connectivity index (χ4v) is 15.9. The van der Waals surface area contributed by atoms with Crippen molar-refractivity contribution in [2.24, 2.45) is 11.7 Å². The van der Waals surface area contributed by atoms with E-state index in [1.54, 1.807) is 27.7 Å². The molecule has 0 spiro atoms. The maximum Gasteiger partial charge on any atom is 0.396 e. The number of fused-ring (bicyclic) bond motifs is 2. The summed E-state index contributed by atoms with van der Waals surface area (Å²) in [6.45, 7) is 5.10. The summed E-state index contributed by atoms with van der Waals surface area (Å²) in [6.07, 6.45) is 7.68. The van der Waals surface area contributed by atoms with E-state index in [0.29, 0.717) is 48.9 Å². The number of aromatic nitrogens is 5. The summed E-state index contributed by atoms with van der Waals surface area (Å²) in [5.41, 5.74) is 9.79. The second-order valence-electron chi connectivity index (χ2n) is 25.9. The fourth-order valence-electron chi connectivity index (χ4n) is 13.7. The number of unbranched alkanes of at least 4 members (excludes halogenated alkanes) is 2. The summed E-state index contributed by atoms with van der Waals surface area (Å²) < 4.78 is 38.2. The molecule has 31 heteroatoms. The lowest BCUT2D eigenvalue weighted by Gasteiger charge is -2.39. The molecule has 3 aromatic carbocycles. The number of sulfone groups is 1. The van der Waals surface area contributed by atoms with Gasteiger partial charge in [0.25, 0.3) is 11.4 Å². The Balaban J connectivity index is 0.789. The van der Waals surface area contributed by atoms with E-state index in [-0.39, 0.29) is 122 Å². The van der Waals surface area contributed by atoms with Crippen molar-refractivity contribution in [3.05, 3.63) is 118 Å². The van der Waals surface area contributed by atoms with Gasteiger partial charge < -0.3 is 61.6 Å². The number of aryl methyl sites for hydroxylation is 2. The number of hydrogen-bond acceptors (Lipinski definition) is 17. The normalized spacial score (nSPS) is 20.2. The van der Waals surface area contributed by atoms with Crippen LogP contribution in [0.1, 0.15) is 166 Å². The van der Waals surface area contributed by atoms with Gasteiger partial charge in [-0.2, -0.15) is 0 Å². The Bertz CT molecular complexity index is 4110. The number of nitrogens with two attached hydrogens (primary N) is 1. The summed E-state index contributed by atoms with van der Waals surface area (Å²) >= 11 is 1.56. The van der Waals surface area contributed by atoms with Crippen LogP contribution in [0.25, 0.3) is 21.3 Å². The molecule has 0 bridgehead atoms. The number of nitrogens with one attached hydrogen (secondary N) is 5. The second kappa shape index (κ2) is 31.5. The smallest absolute Gasteiger partial charge is 0.391 e. The van der Waals surface area contributed by atoms with Crippen molar-refractivity contribution in [1.82, 2.24) is 60.9 Å². The average molecular weight is 1410 g/mol. The van der Waals surface area contributed by atoms with E-state index in [1.165, 1.54) is 70.2 Å². The van der Waals surface area contributed by atoms with Gasteiger partial charge in [-0.25, -0.2) is 18.1 Å². The first-order chi connectivity index (χ1) is 46.8. The van der Waals surface area contributed by atoms with Gasteiger partial charge >= 0.3 is 7.60 Å². The third-order valence-corrected chi connectivity index (χ3v) is 22.6. The number of aliphatic hydroxyl groups excluding tert-OH is 1. The van der Waals surface area contributed by atoms with E-state index in [2.05, 4.69) is 41.5 Å². The summed E-state index contributed by atoms with van der Waals surface area (Å²) in [4.78, 5) is 157. The van der Waals surface area contributed by atoms with Crippen LogP contribution in [0, 0.1) is 12.8 Å². The highest BCUT2D eigenvalue weighted by Crippen LogP contribution is 2.40. The molecule has 1 saturated carbocycles. The van der Waals surface area contributed by atoms with E-state index >= 15 is 4.79 Å². The maximum absolute atomic E-state index is 15.1. The van der Waals surface area contributed by atoms with Gasteiger partial charge in [0.2, 0.25) is 41.4 Å². The van der Waals surface area contributed by atoms with Crippen molar-refractivity contribution in [3.8, 4) is 10.4 Å². The van der Waals surface area contributed by atoms with Crippen LogP contribution in [-0.2, 0) is 60.9 Å². The van der Waals surface area contributed by atoms with Gasteiger partial charge in [0.05, 0.1) is 44.6 Å². The Hall–Kier alpha value is -8.54. The number of likely N-dealkylation sites (tertiary alicyclic amines) is 1. The number of benzene rings is 3. The fraction of sp³-hybridized carbons (Fsp3) is 0.493. The van der Waals surface area contributed by atoms with Gasteiger partial charge in [-0.05, 0) is 131 Å². The van der Waals surface area contributed by atoms with Gasteiger partial charge in [0, 0.05) is 74.1 Å². The number of β-amino-alcohol motifs (C(OH)–C–C–N with tert-alkyl or cyclic N) is 1. The largest absolute Gasteiger partial charge is 0.396 e. The Labute approximate surface area is 570 Å². The summed E-state index contributed by atoms with van der Waals surface area (Å²) in [5, 5.41) is 31.5. The molecule has 10 rings (SSSR count). The Morgan fingerprint density at radius 2 is 1.59 bits per heavy atom. The number of nitrogens with zero attached hydrogens (tertiary/aromatic N) is 7. The average Bonchev–Trinajstić information content (AvgIpc) is 1.54. The molecule has 0 radical (unpaired) electrons. The highest BCUT2D eigenvalue weighted by molar-refractivity contribution is 7.91. The molecular formula is C67H84N13O15PS2. The lowest BCUT2D eigenvalue weighted by Crippen LogP contribution is -2.62. The second-order valence-corrected chi connectivity index (χ2v) is 30.5. The van der Waals surface area contributed by atoms with Gasteiger partial charge in [-0.15, -0.1) is 16.4 Å². The minimum atomic E-state index is -5.16. The van der Waals surface area contributed by atoms with Crippen LogP contribution in [0.4, 0.5) is 0 Å². The van der Waals surface area contributed by atoms with Crippen LogP contribution >= 0.6 is 18.9 Å². The zero-order valence-electron chi connectivity index (χ0n) is 54.8. The van der Waals surface area contributed by atoms with Crippen molar-refractivity contribution in [3.63, 3.8) is 0 Å². The number of primary amides is 1. The Kier molecular flexibility index (Phi) is 23.2. The first-order valence-corrected chi connectivity index (χ1v) is 37.4. The predicted molar refractivity (Wildman–Crippen MR) is 360 cm³/mol. The van der Waals surface area contributed by atoms with Crippen LogP contribution in [0.3, 0.4) is 0 Å². The molecule has 28 nitrogen and oxygen atoms in total. The molecular weight excluding hydrogens is 1320 g/mol. The molecule has 98 heavy (non-hydrogen) atoms. The first kappa shape index (κ1) is 72.2. The third kappa shape index (κ3) is 17.3. The van der Waals surface area contributed by atoms with Crippen LogP contribution in [0.15, 0.2) is 89.4 Å². The molecule has 6 aromatic rings. The number of hydrogen-bond donors (Lipinski definition) is 9. The third-order valence-electron chi connectivity index (χ3n) is 19.1. The summed E-state index contributed by atoms with van der Waals surface area (Å²) in [5.74, 6) is -4.82. The minimum Gasteiger partial charge on any atom is -0.391 e. The SMILES string of the molecule is CCS(=O)(=O)c1ccc(CNC(=O)[C@H](CCC(N)=O)NC(=O)[C@@H]2CC[C@@H]3CCN(C(=O)CCCCCc4cn([C@@H](C(=O)N5C[C@@H](O)C[C@@H]5C(=O)N[C@@H](C)c5ccc(-c6scnc6C)cc5)C5CCCCC5)nn4)C[C@H](NC(=O)c4cc5cc(C(=O)P(=O)(O)O)ccc5[nH]4)C(=O)N32)cc1. The Morgan fingerprint density at radius 1 is 0.857 bits per heavy atom. The zero-order chi connectivity index (χ0) is 70.2. The van der Waals surface area contributed by atoms with Crippen LogP contribution in [0.2, 0.25) is 0 Å². The number of rotatable bonds is 27. The molecule has 3 saturated heterocycles. The van der Waals surface area contributed by atoms with Crippen molar-refractivity contribution < 1.29 is 71.0 Å². The van der Waals surface area contributed by atoms with E-state index < -0.39 is 94.8 Å². The van der Waals surface area contributed by atoms with Gasteiger partial charge in [0.15, 0.2) is 9.84 Å². The number of H-pyrrole nitrogens is 1. The maximum atomic E-state index is 15.1. The van der Waals surface area contributed by atoms with Gasteiger partial charge in [-0.3, -0.25) is 47.7 Å². The molecule has 3 aliphatic heterocycles. The van der Waals surface area contributed by atoms with Crippen LogP contribution in [0.5, 0.6) is 0 Å². The highest BCUT2D eigenvalue weighted by atomic mass is 32.2. The topological polar surface area (TPSA) is 409 Å². The number of thiazole rings is 1. The molecule has 3 aromatic heterocycles. The lowest BCUT2D eigenvalue weighted by molar-refractivity contribution is -0.145. The lowest BCUT2D eigenvalue weighted by atomic mass is 9.83. The van der Waals surface area contributed by atoms with E-state index in [4.69, 9.17) is 5.73 Å². The van der Waals surface area contributed by atoms with E-state index in [9.17, 15) is 66.2 Å². The van der Waals surface area contributed by atoms with E-state index in [0.717, 1.165) is 53.8 Å². The van der Waals surface area contributed by atoms with Crippen molar-refractivity contribution in [1.29, 1.82) is 0 Å². The summed E-state index contributed by atoms with van der Waals surface area (Å²) in [6, 6.07) is 12.3. The quantitative estimate of drug-likeness (QED) is 0.0246. The van der Waals surface area contributed by atoms with Crippen molar-refractivity contribution >= 4 is 92.5 Å². The molecule has 1 aliphatic carbocycles. The molecule has 8 atom stereocenters. The number of carbonyl (C=O) groups excluding carboxylic acids is 9. The summed E-state index contributed by atoms with van der Waals surface area (Å²) in [7, 11) is -8.64.